The highest BCUT2D eigenvalue weighted by Gasteiger charge is 2.22. The van der Waals surface area contributed by atoms with Gasteiger partial charge in [-0.2, -0.15) is 0 Å². The summed E-state index contributed by atoms with van der Waals surface area (Å²) < 4.78 is 0. The van der Waals surface area contributed by atoms with Gasteiger partial charge in [-0.1, -0.05) is 19.9 Å². The molecule has 0 bridgehead atoms. The zero-order chi connectivity index (χ0) is 18.5. The van der Waals surface area contributed by atoms with E-state index in [0.717, 1.165) is 0 Å². The Hall–Kier alpha value is -3.35. The number of aromatic amines is 1. The number of hydrogen-bond donors (Lipinski definition) is 2. The number of hydrogen-bond acceptors (Lipinski definition) is 5. The van der Waals surface area contributed by atoms with Gasteiger partial charge in [0.05, 0.1) is 11.7 Å². The van der Waals surface area contributed by atoms with Gasteiger partial charge in [0.2, 0.25) is 0 Å². The van der Waals surface area contributed by atoms with Crippen LogP contribution in [-0.4, -0.2) is 25.8 Å². The van der Waals surface area contributed by atoms with Crippen molar-refractivity contribution in [1.82, 2.24) is 25.3 Å². The molecular weight excluding hydrogens is 330 g/mol. The van der Waals surface area contributed by atoms with Crippen molar-refractivity contribution in [3.63, 3.8) is 0 Å². The first-order valence-electron chi connectivity index (χ1n) is 8.28. The molecule has 0 aliphatic rings. The molecule has 0 saturated heterocycles. The molecule has 0 radical (unpaired) electrons. The number of carbonyl (C=O) groups is 1. The first-order valence-corrected chi connectivity index (χ1v) is 8.28. The topological polar surface area (TPSA) is 101 Å². The maximum Gasteiger partial charge on any atom is 0.251 e. The fraction of sp³-hybridized carbons (Fsp3) is 0.211. The minimum atomic E-state index is -0.416. The number of pyridine rings is 2. The Kier molecular flexibility index (Phi) is 5.17. The highest BCUT2D eigenvalue weighted by Crippen LogP contribution is 2.21. The average molecular weight is 349 g/mol. The van der Waals surface area contributed by atoms with E-state index >= 15 is 0 Å². The molecule has 1 amide bonds. The van der Waals surface area contributed by atoms with Crippen LogP contribution in [0.2, 0.25) is 0 Å². The van der Waals surface area contributed by atoms with Crippen LogP contribution in [0, 0.1) is 5.92 Å². The van der Waals surface area contributed by atoms with Crippen molar-refractivity contribution in [2.75, 3.05) is 0 Å². The third kappa shape index (κ3) is 4.00. The quantitative estimate of drug-likeness (QED) is 0.736. The summed E-state index contributed by atoms with van der Waals surface area (Å²) in [6.45, 7) is 3.92. The largest absolute Gasteiger partial charge is 0.343 e. The van der Waals surface area contributed by atoms with Gasteiger partial charge in [-0.05, 0) is 30.2 Å². The molecule has 0 spiro atoms. The summed E-state index contributed by atoms with van der Waals surface area (Å²) >= 11 is 0. The lowest BCUT2D eigenvalue weighted by molar-refractivity contribution is 0.0924. The Morgan fingerprint density at radius 3 is 2.54 bits per heavy atom. The third-order valence-corrected chi connectivity index (χ3v) is 3.88. The highest BCUT2D eigenvalue weighted by molar-refractivity contribution is 5.94. The Bertz CT molecular complexity index is 939. The molecule has 26 heavy (non-hydrogen) atoms. The number of nitrogens with zero attached hydrogens (tertiary/aromatic N) is 3. The molecule has 3 heterocycles. The van der Waals surface area contributed by atoms with Crippen LogP contribution in [0.25, 0.3) is 11.5 Å². The van der Waals surface area contributed by atoms with Crippen LogP contribution in [0.15, 0.2) is 59.8 Å². The fourth-order valence-corrected chi connectivity index (χ4v) is 2.57. The lowest BCUT2D eigenvalue weighted by Gasteiger charge is -2.22. The molecule has 7 nitrogen and oxygen atoms in total. The molecule has 0 saturated carbocycles. The molecule has 0 aliphatic carbocycles. The zero-order valence-electron chi connectivity index (χ0n) is 14.5. The third-order valence-electron chi connectivity index (χ3n) is 3.88. The van der Waals surface area contributed by atoms with E-state index < -0.39 is 6.04 Å². The predicted octanol–water partition coefficient (Wildman–Crippen LogP) is 2.35. The highest BCUT2D eigenvalue weighted by atomic mass is 16.1. The van der Waals surface area contributed by atoms with Gasteiger partial charge in [-0.3, -0.25) is 19.6 Å². The van der Waals surface area contributed by atoms with Crippen LogP contribution >= 0.6 is 0 Å². The molecule has 0 aromatic carbocycles. The molecule has 3 aromatic rings. The number of H-pyrrole nitrogens is 1. The average Bonchev–Trinajstić information content (AvgIpc) is 2.66. The molecule has 0 aliphatic heterocycles. The van der Waals surface area contributed by atoms with Crippen LogP contribution < -0.4 is 10.9 Å². The van der Waals surface area contributed by atoms with E-state index in [1.165, 1.54) is 6.07 Å². The van der Waals surface area contributed by atoms with E-state index in [1.807, 2.05) is 19.9 Å². The normalized spacial score (nSPS) is 12.0. The van der Waals surface area contributed by atoms with Crippen LogP contribution in [0.5, 0.6) is 0 Å². The molecule has 0 unspecified atom stereocenters. The van der Waals surface area contributed by atoms with Gasteiger partial charge >= 0.3 is 0 Å². The van der Waals surface area contributed by atoms with E-state index in [0.29, 0.717) is 22.8 Å². The minimum absolute atomic E-state index is 0.0340. The predicted molar refractivity (Wildman–Crippen MR) is 97.4 cm³/mol. The van der Waals surface area contributed by atoms with Crippen molar-refractivity contribution in [1.29, 1.82) is 0 Å². The molecule has 3 aromatic heterocycles. The second-order valence-corrected chi connectivity index (χ2v) is 6.16. The fourth-order valence-electron chi connectivity index (χ4n) is 2.57. The standard InChI is InChI=1S/C19H19N5O2/c1-12(2)17(24-19(26)13-6-9-20-10-7-13)15-11-16(25)23-18(22-15)14-5-3-4-8-21-14/h3-12,17H,1-2H3,(H,24,26)(H,22,23,25)/t17-/m1/s1. The van der Waals surface area contributed by atoms with Crippen LogP contribution in [0.3, 0.4) is 0 Å². The van der Waals surface area contributed by atoms with Gasteiger partial charge in [0.25, 0.3) is 11.5 Å². The summed E-state index contributed by atoms with van der Waals surface area (Å²) in [5.74, 6) is 0.163. The van der Waals surface area contributed by atoms with E-state index in [4.69, 9.17) is 0 Å². The number of rotatable bonds is 5. The molecule has 0 fully saturated rings. The van der Waals surface area contributed by atoms with Crippen molar-refractivity contribution in [2.45, 2.75) is 19.9 Å². The van der Waals surface area contributed by atoms with Gasteiger partial charge in [-0.25, -0.2) is 4.98 Å². The van der Waals surface area contributed by atoms with E-state index in [-0.39, 0.29) is 17.4 Å². The molecule has 3 rings (SSSR count). The van der Waals surface area contributed by atoms with Crippen LogP contribution in [0.1, 0.15) is 35.9 Å². The Morgan fingerprint density at radius 2 is 1.88 bits per heavy atom. The maximum absolute atomic E-state index is 12.5. The Labute approximate surface area is 150 Å². The summed E-state index contributed by atoms with van der Waals surface area (Å²) in [6.07, 6.45) is 4.75. The Balaban J connectivity index is 1.95. The van der Waals surface area contributed by atoms with Gasteiger partial charge in [0, 0.05) is 30.2 Å². The summed E-state index contributed by atoms with van der Waals surface area (Å²) in [6, 6.07) is 9.64. The first-order chi connectivity index (χ1) is 12.5. The minimum Gasteiger partial charge on any atom is -0.343 e. The van der Waals surface area contributed by atoms with Crippen LogP contribution in [0.4, 0.5) is 0 Å². The smallest absolute Gasteiger partial charge is 0.251 e. The molecule has 7 heteroatoms. The first kappa shape index (κ1) is 17.5. The second-order valence-electron chi connectivity index (χ2n) is 6.16. The molecule has 1 atom stereocenters. The van der Waals surface area contributed by atoms with Crippen molar-refractivity contribution in [3.8, 4) is 11.5 Å². The van der Waals surface area contributed by atoms with Gasteiger partial charge in [0.15, 0.2) is 5.82 Å². The van der Waals surface area contributed by atoms with E-state index in [2.05, 4.69) is 25.3 Å². The zero-order valence-corrected chi connectivity index (χ0v) is 14.5. The van der Waals surface area contributed by atoms with Crippen molar-refractivity contribution in [3.05, 3.63) is 76.6 Å². The van der Waals surface area contributed by atoms with E-state index in [9.17, 15) is 9.59 Å². The monoisotopic (exact) mass is 349 g/mol. The molecule has 132 valence electrons. The number of carbonyl (C=O) groups excluding carboxylic acids is 1. The number of amides is 1. The summed E-state index contributed by atoms with van der Waals surface area (Å²) in [4.78, 5) is 40.0. The van der Waals surface area contributed by atoms with Crippen molar-refractivity contribution in [2.24, 2.45) is 5.92 Å². The van der Waals surface area contributed by atoms with Crippen LogP contribution in [-0.2, 0) is 0 Å². The maximum atomic E-state index is 12.5. The van der Waals surface area contributed by atoms with Gasteiger partial charge < -0.3 is 10.3 Å². The van der Waals surface area contributed by atoms with Crippen molar-refractivity contribution < 1.29 is 4.79 Å². The summed E-state index contributed by atoms with van der Waals surface area (Å²) in [5.41, 5.74) is 1.26. The summed E-state index contributed by atoms with van der Waals surface area (Å²) in [5, 5.41) is 2.95. The molecule has 2 N–H and O–H groups in total. The van der Waals surface area contributed by atoms with E-state index in [1.54, 1.807) is 42.9 Å². The van der Waals surface area contributed by atoms with Gasteiger partial charge in [0.1, 0.15) is 5.69 Å². The lowest BCUT2D eigenvalue weighted by atomic mass is 10.00. The van der Waals surface area contributed by atoms with Gasteiger partial charge in [-0.15, -0.1) is 0 Å². The Morgan fingerprint density at radius 1 is 1.12 bits per heavy atom. The lowest BCUT2D eigenvalue weighted by Crippen LogP contribution is -2.33. The molecular formula is C19H19N5O2. The number of aromatic nitrogens is 4. The summed E-state index contributed by atoms with van der Waals surface area (Å²) in [7, 11) is 0. The SMILES string of the molecule is CC(C)[C@@H](NC(=O)c1ccncc1)c1cc(=O)[nH]c(-c2ccccn2)n1. The number of nitrogens with one attached hydrogen (secondary N) is 2. The second kappa shape index (κ2) is 7.69. The van der Waals surface area contributed by atoms with Crippen molar-refractivity contribution >= 4 is 5.91 Å².